The van der Waals surface area contributed by atoms with Gasteiger partial charge in [0.1, 0.15) is 0 Å². The summed E-state index contributed by atoms with van der Waals surface area (Å²) in [5.74, 6) is 0. The third-order valence-corrected chi connectivity index (χ3v) is 5.88. The van der Waals surface area contributed by atoms with Crippen molar-refractivity contribution in [1.29, 1.82) is 0 Å². The van der Waals surface area contributed by atoms with Gasteiger partial charge in [-0.25, -0.2) is 0 Å². The molecule has 0 spiro atoms. The number of morpholine rings is 1. The van der Waals surface area contributed by atoms with Crippen LogP contribution in [0, 0.1) is 0 Å². The lowest BCUT2D eigenvalue weighted by atomic mass is 9.80. The molecular weight excluding hydrogens is 356 g/mol. The molecule has 2 aromatic carbocycles. The molecule has 4 heteroatoms. The zero-order valence-corrected chi connectivity index (χ0v) is 17.2. The maximum atomic E-state index is 5.44. The van der Waals surface area contributed by atoms with Gasteiger partial charge in [0.15, 0.2) is 0 Å². The van der Waals surface area contributed by atoms with Gasteiger partial charge in [-0.05, 0) is 29.3 Å². The fourth-order valence-electron chi connectivity index (χ4n) is 4.31. The normalized spacial score (nSPS) is 21.2. The van der Waals surface area contributed by atoms with E-state index in [9.17, 15) is 0 Å². The predicted octanol–water partition coefficient (Wildman–Crippen LogP) is 4.75. The molecule has 1 fully saturated rings. The predicted molar refractivity (Wildman–Crippen MR) is 117 cm³/mol. The van der Waals surface area contributed by atoms with Crippen LogP contribution < -0.4 is 9.80 Å². The molecule has 1 atom stereocenters. The zero-order chi connectivity index (χ0) is 18.1. The van der Waals surface area contributed by atoms with Gasteiger partial charge in [-0.15, -0.1) is 12.4 Å². The zero-order valence-electron chi connectivity index (χ0n) is 16.4. The second-order valence-electron chi connectivity index (χ2n) is 7.84. The highest BCUT2D eigenvalue weighted by Gasteiger charge is 2.41. The second kappa shape index (κ2) is 7.95. The molecule has 0 radical (unpaired) electrons. The number of hydrogen-bond donors (Lipinski definition) is 0. The average Bonchev–Trinajstić information content (AvgIpc) is 2.88. The minimum Gasteiger partial charge on any atom is -0.378 e. The molecule has 0 bridgehead atoms. The van der Waals surface area contributed by atoms with E-state index in [4.69, 9.17) is 4.74 Å². The number of halogens is 1. The van der Waals surface area contributed by atoms with E-state index >= 15 is 0 Å². The number of anilines is 2. The van der Waals surface area contributed by atoms with Crippen LogP contribution >= 0.6 is 12.4 Å². The number of ether oxygens (including phenoxy) is 1. The molecule has 2 aliphatic heterocycles. The molecule has 4 rings (SSSR count). The van der Waals surface area contributed by atoms with Crippen molar-refractivity contribution < 1.29 is 4.74 Å². The number of nitrogens with zero attached hydrogens (tertiary/aromatic N) is 2. The Kier molecular flexibility index (Phi) is 5.83. The maximum absolute atomic E-state index is 5.44. The van der Waals surface area contributed by atoms with Gasteiger partial charge in [0.05, 0.1) is 19.3 Å². The Morgan fingerprint density at radius 1 is 1.00 bits per heavy atom. The Bertz CT molecular complexity index is 794. The van der Waals surface area contributed by atoms with Crippen molar-refractivity contribution in [2.24, 2.45) is 0 Å². The van der Waals surface area contributed by atoms with Gasteiger partial charge in [0.25, 0.3) is 0 Å². The van der Waals surface area contributed by atoms with Gasteiger partial charge in [0, 0.05) is 36.9 Å². The molecule has 0 aromatic heterocycles. The van der Waals surface area contributed by atoms with E-state index in [-0.39, 0.29) is 17.8 Å². The van der Waals surface area contributed by atoms with Crippen LogP contribution in [0.2, 0.25) is 0 Å². The monoisotopic (exact) mass is 384 g/mol. The first-order valence-corrected chi connectivity index (χ1v) is 9.51. The van der Waals surface area contributed by atoms with Gasteiger partial charge in [-0.1, -0.05) is 56.3 Å². The van der Waals surface area contributed by atoms with Gasteiger partial charge >= 0.3 is 0 Å². The summed E-state index contributed by atoms with van der Waals surface area (Å²) >= 11 is 0. The first-order chi connectivity index (χ1) is 12.6. The number of benzene rings is 2. The minimum atomic E-state index is 0. The molecule has 144 valence electrons. The van der Waals surface area contributed by atoms with E-state index < -0.39 is 0 Å². The second-order valence-corrected chi connectivity index (χ2v) is 7.84. The summed E-state index contributed by atoms with van der Waals surface area (Å²) in [5.41, 5.74) is 5.42. The van der Waals surface area contributed by atoms with E-state index in [1.54, 1.807) is 0 Å². The Balaban J connectivity index is 0.00000210. The molecular formula is C23H29ClN2O. The first kappa shape index (κ1) is 19.8. The molecule has 0 amide bonds. The fraction of sp³-hybridized carbons (Fsp3) is 0.391. The van der Waals surface area contributed by atoms with Gasteiger partial charge in [-0.3, -0.25) is 0 Å². The third-order valence-electron chi connectivity index (χ3n) is 5.88. The third kappa shape index (κ3) is 3.71. The van der Waals surface area contributed by atoms with Gasteiger partial charge in [-0.2, -0.15) is 0 Å². The molecule has 0 saturated carbocycles. The molecule has 2 heterocycles. The van der Waals surface area contributed by atoms with Crippen LogP contribution in [0.3, 0.4) is 0 Å². The molecule has 2 aliphatic rings. The van der Waals surface area contributed by atoms with E-state index in [1.807, 2.05) is 0 Å². The summed E-state index contributed by atoms with van der Waals surface area (Å²) in [7, 11) is 2.20. The van der Waals surface area contributed by atoms with Crippen LogP contribution in [-0.2, 0) is 10.2 Å². The van der Waals surface area contributed by atoms with Gasteiger partial charge in [0.2, 0.25) is 0 Å². The molecule has 0 N–H and O–H groups in total. The number of para-hydroxylation sites is 1. The molecule has 27 heavy (non-hydrogen) atoms. The highest BCUT2D eigenvalue weighted by molar-refractivity contribution is 5.85. The van der Waals surface area contributed by atoms with E-state index in [0.29, 0.717) is 6.04 Å². The van der Waals surface area contributed by atoms with Crippen molar-refractivity contribution in [3.63, 3.8) is 0 Å². The van der Waals surface area contributed by atoms with Crippen LogP contribution in [0.15, 0.2) is 54.6 Å². The fourth-order valence-corrected chi connectivity index (χ4v) is 4.31. The Morgan fingerprint density at radius 3 is 2.33 bits per heavy atom. The lowest BCUT2D eigenvalue weighted by Gasteiger charge is -2.30. The lowest BCUT2D eigenvalue weighted by molar-refractivity contribution is 0.122. The number of likely N-dealkylation sites (N-methyl/N-ethyl adjacent to an activating group) is 1. The van der Waals surface area contributed by atoms with Gasteiger partial charge < -0.3 is 14.5 Å². The molecule has 0 aliphatic carbocycles. The van der Waals surface area contributed by atoms with Crippen molar-refractivity contribution in [3.8, 4) is 0 Å². The van der Waals surface area contributed by atoms with E-state index in [0.717, 1.165) is 26.3 Å². The SMILES string of the molecule is CN1c2ccccc2C(C)(C)C1C=Cc1ccc(N2CCOCC2)cc1.Cl. The smallest absolute Gasteiger partial charge is 0.0642 e. The summed E-state index contributed by atoms with van der Waals surface area (Å²) in [5, 5.41) is 0. The van der Waals surface area contributed by atoms with Crippen molar-refractivity contribution in [1.82, 2.24) is 0 Å². The van der Waals surface area contributed by atoms with Crippen LogP contribution in [0.25, 0.3) is 6.08 Å². The average molecular weight is 385 g/mol. The topological polar surface area (TPSA) is 15.7 Å². The van der Waals surface area contributed by atoms with E-state index in [2.05, 4.69) is 91.4 Å². The number of fused-ring (bicyclic) bond motifs is 1. The summed E-state index contributed by atoms with van der Waals surface area (Å²) in [6.07, 6.45) is 4.61. The molecule has 1 unspecified atom stereocenters. The summed E-state index contributed by atoms with van der Waals surface area (Å²) in [6.45, 7) is 8.29. The summed E-state index contributed by atoms with van der Waals surface area (Å²) in [6, 6.07) is 18.0. The van der Waals surface area contributed by atoms with Crippen molar-refractivity contribution in [2.75, 3.05) is 43.2 Å². The summed E-state index contributed by atoms with van der Waals surface area (Å²) in [4.78, 5) is 4.79. The highest BCUT2D eigenvalue weighted by atomic mass is 35.5. The first-order valence-electron chi connectivity index (χ1n) is 9.51. The summed E-state index contributed by atoms with van der Waals surface area (Å²) < 4.78 is 5.44. The van der Waals surface area contributed by atoms with Crippen LogP contribution in [0.1, 0.15) is 25.0 Å². The Labute approximate surface area is 169 Å². The maximum Gasteiger partial charge on any atom is 0.0642 e. The van der Waals surface area contributed by atoms with Crippen molar-refractivity contribution in [3.05, 3.63) is 65.7 Å². The largest absolute Gasteiger partial charge is 0.378 e. The van der Waals surface area contributed by atoms with Crippen LogP contribution in [-0.4, -0.2) is 39.4 Å². The number of rotatable bonds is 3. The molecule has 2 aromatic rings. The van der Waals surface area contributed by atoms with Crippen LogP contribution in [0.5, 0.6) is 0 Å². The lowest BCUT2D eigenvalue weighted by Crippen LogP contribution is -2.37. The van der Waals surface area contributed by atoms with Crippen LogP contribution in [0.4, 0.5) is 11.4 Å². The Hall–Kier alpha value is -1.97. The van der Waals surface area contributed by atoms with Crippen molar-refractivity contribution >= 4 is 29.9 Å². The minimum absolute atomic E-state index is 0. The molecule has 3 nitrogen and oxygen atoms in total. The molecule has 1 saturated heterocycles. The highest BCUT2D eigenvalue weighted by Crippen LogP contribution is 2.44. The quantitative estimate of drug-likeness (QED) is 0.759. The standard InChI is InChI=1S/C23H28N2O.ClH/c1-23(2)20-6-4-5-7-21(20)24(3)22(23)13-10-18-8-11-19(12-9-18)25-14-16-26-17-15-25;/h4-13,22H,14-17H2,1-3H3;1H. The van der Waals surface area contributed by atoms with E-state index in [1.165, 1.54) is 22.5 Å². The van der Waals surface area contributed by atoms with Crippen molar-refractivity contribution in [2.45, 2.75) is 25.3 Å². The number of hydrogen-bond acceptors (Lipinski definition) is 3. The Morgan fingerprint density at radius 2 is 1.67 bits per heavy atom.